The first kappa shape index (κ1) is 9.30. The van der Waals surface area contributed by atoms with Crippen molar-refractivity contribution < 1.29 is 14.9 Å². The van der Waals surface area contributed by atoms with E-state index in [1.54, 1.807) is 12.1 Å². The normalized spacial score (nSPS) is 16.6. The molecule has 1 aromatic rings. The Morgan fingerprint density at radius 2 is 2.14 bits per heavy atom. The van der Waals surface area contributed by atoms with E-state index in [0.29, 0.717) is 12.6 Å². The van der Waals surface area contributed by atoms with Crippen LogP contribution in [0.15, 0.2) is 18.2 Å². The molecule has 1 aromatic carbocycles. The molecule has 14 heavy (non-hydrogen) atoms. The summed E-state index contributed by atoms with van der Waals surface area (Å²) in [4.78, 5) is 0. The maximum Gasteiger partial charge on any atom is 0.123 e. The van der Waals surface area contributed by atoms with Gasteiger partial charge in [0.1, 0.15) is 11.5 Å². The predicted octanol–water partition coefficient (Wildman–Crippen LogP) is 0.586. The number of hydrogen-bond donors (Lipinski definition) is 3. The fraction of sp³-hybridized carbons (Fsp3) is 0.400. The summed E-state index contributed by atoms with van der Waals surface area (Å²) >= 11 is 0. The number of hydrogen-bond acceptors (Lipinski definition) is 4. The Hall–Kier alpha value is -1.26. The smallest absolute Gasteiger partial charge is 0.123 e. The van der Waals surface area contributed by atoms with Gasteiger partial charge in [-0.25, -0.2) is 0 Å². The van der Waals surface area contributed by atoms with E-state index in [0.717, 1.165) is 18.8 Å². The average Bonchev–Trinajstić information content (AvgIpc) is 2.05. The summed E-state index contributed by atoms with van der Waals surface area (Å²) in [6, 6.07) is 5.00. The highest BCUT2D eigenvalue weighted by Crippen LogP contribution is 2.22. The summed E-state index contributed by atoms with van der Waals surface area (Å²) in [7, 11) is 0. The van der Waals surface area contributed by atoms with Gasteiger partial charge in [-0.15, -0.1) is 0 Å². The zero-order chi connectivity index (χ0) is 9.97. The summed E-state index contributed by atoms with van der Waals surface area (Å²) in [6.45, 7) is 2.07. The summed E-state index contributed by atoms with van der Waals surface area (Å²) < 4.78 is 5.01. The fourth-order valence-corrected chi connectivity index (χ4v) is 1.31. The number of phenolic OH excluding ortho intramolecular Hbond substituents is 2. The molecular formula is C10H13NO3. The van der Waals surface area contributed by atoms with Crippen molar-refractivity contribution in [2.45, 2.75) is 12.6 Å². The lowest BCUT2D eigenvalue weighted by Gasteiger charge is -2.27. The number of benzene rings is 1. The van der Waals surface area contributed by atoms with Crippen molar-refractivity contribution in [3.05, 3.63) is 23.8 Å². The van der Waals surface area contributed by atoms with Crippen LogP contribution < -0.4 is 5.32 Å². The molecule has 0 atom stereocenters. The van der Waals surface area contributed by atoms with Crippen LogP contribution in [-0.4, -0.2) is 29.5 Å². The second kappa shape index (κ2) is 3.86. The largest absolute Gasteiger partial charge is 0.508 e. The second-order valence-electron chi connectivity index (χ2n) is 3.43. The lowest BCUT2D eigenvalue weighted by molar-refractivity contribution is -0.00585. The van der Waals surface area contributed by atoms with E-state index in [2.05, 4.69) is 5.32 Å². The van der Waals surface area contributed by atoms with Gasteiger partial charge in [-0.3, -0.25) is 0 Å². The Kier molecular flexibility index (Phi) is 2.56. The highest BCUT2D eigenvalue weighted by Gasteiger charge is 2.17. The molecule has 76 valence electrons. The maximum absolute atomic E-state index is 9.46. The van der Waals surface area contributed by atoms with Crippen LogP contribution >= 0.6 is 0 Å². The highest BCUT2D eigenvalue weighted by molar-refractivity contribution is 5.38. The standard InChI is InChI=1S/C10H13NO3/c12-9-2-1-7(10(13)3-9)4-11-8-5-14-6-8/h1-3,8,11-13H,4-6H2. The van der Waals surface area contributed by atoms with Gasteiger partial charge in [-0.05, 0) is 6.07 Å². The quantitative estimate of drug-likeness (QED) is 0.660. The third-order valence-electron chi connectivity index (χ3n) is 2.29. The van der Waals surface area contributed by atoms with Crippen LogP contribution in [0.25, 0.3) is 0 Å². The minimum Gasteiger partial charge on any atom is -0.508 e. The molecule has 0 radical (unpaired) electrons. The molecule has 1 saturated heterocycles. The lowest BCUT2D eigenvalue weighted by Crippen LogP contribution is -2.45. The molecule has 2 rings (SSSR count). The van der Waals surface area contributed by atoms with Gasteiger partial charge in [0.25, 0.3) is 0 Å². The van der Waals surface area contributed by atoms with Crippen LogP contribution in [0.5, 0.6) is 11.5 Å². The van der Waals surface area contributed by atoms with Crippen molar-refractivity contribution in [1.82, 2.24) is 5.32 Å². The van der Waals surface area contributed by atoms with Crippen molar-refractivity contribution in [3.63, 3.8) is 0 Å². The number of nitrogens with one attached hydrogen (secondary N) is 1. The summed E-state index contributed by atoms with van der Waals surface area (Å²) in [5, 5.41) is 21.8. The third-order valence-corrected chi connectivity index (χ3v) is 2.29. The summed E-state index contributed by atoms with van der Waals surface area (Å²) in [6.07, 6.45) is 0. The SMILES string of the molecule is Oc1ccc(CNC2COC2)c(O)c1. The average molecular weight is 195 g/mol. The van der Waals surface area contributed by atoms with Crippen LogP contribution in [0, 0.1) is 0 Å². The van der Waals surface area contributed by atoms with Gasteiger partial charge in [0.05, 0.1) is 19.3 Å². The molecule has 4 nitrogen and oxygen atoms in total. The van der Waals surface area contributed by atoms with Crippen LogP contribution in [-0.2, 0) is 11.3 Å². The molecule has 1 heterocycles. The van der Waals surface area contributed by atoms with Gasteiger partial charge >= 0.3 is 0 Å². The van der Waals surface area contributed by atoms with Crippen molar-refractivity contribution >= 4 is 0 Å². The minimum absolute atomic E-state index is 0.0817. The van der Waals surface area contributed by atoms with Gasteiger partial charge in [-0.1, -0.05) is 6.07 Å². The molecule has 0 bridgehead atoms. The predicted molar refractivity (Wildman–Crippen MR) is 51.2 cm³/mol. The van der Waals surface area contributed by atoms with Crippen LogP contribution in [0.3, 0.4) is 0 Å². The van der Waals surface area contributed by atoms with Gasteiger partial charge < -0.3 is 20.3 Å². The van der Waals surface area contributed by atoms with Crippen molar-refractivity contribution in [3.8, 4) is 11.5 Å². The van der Waals surface area contributed by atoms with E-state index >= 15 is 0 Å². The molecule has 0 amide bonds. The molecule has 0 saturated carbocycles. The molecule has 0 spiro atoms. The Morgan fingerprint density at radius 3 is 2.71 bits per heavy atom. The number of phenols is 2. The molecule has 1 fully saturated rings. The highest BCUT2D eigenvalue weighted by atomic mass is 16.5. The van der Waals surface area contributed by atoms with E-state index in [4.69, 9.17) is 9.84 Å². The van der Waals surface area contributed by atoms with Crippen LogP contribution in [0.2, 0.25) is 0 Å². The molecule has 4 heteroatoms. The number of rotatable bonds is 3. The first-order valence-electron chi connectivity index (χ1n) is 4.57. The summed E-state index contributed by atoms with van der Waals surface area (Å²) in [5.74, 6) is 0.205. The Bertz CT molecular complexity index is 323. The zero-order valence-electron chi connectivity index (χ0n) is 7.73. The third kappa shape index (κ3) is 1.97. The minimum atomic E-state index is 0.0817. The second-order valence-corrected chi connectivity index (χ2v) is 3.43. The molecule has 3 N–H and O–H groups in total. The van der Waals surface area contributed by atoms with Gasteiger partial charge in [0.15, 0.2) is 0 Å². The van der Waals surface area contributed by atoms with Crippen molar-refractivity contribution in [2.75, 3.05) is 13.2 Å². The van der Waals surface area contributed by atoms with Gasteiger partial charge in [-0.2, -0.15) is 0 Å². The van der Waals surface area contributed by atoms with Gasteiger partial charge in [0, 0.05) is 18.2 Å². The molecule has 0 aromatic heterocycles. The monoisotopic (exact) mass is 195 g/mol. The van der Waals surface area contributed by atoms with Crippen molar-refractivity contribution in [1.29, 1.82) is 0 Å². The van der Waals surface area contributed by atoms with Crippen LogP contribution in [0.1, 0.15) is 5.56 Å². The first-order chi connectivity index (χ1) is 6.75. The van der Waals surface area contributed by atoms with Gasteiger partial charge in [0.2, 0.25) is 0 Å². The zero-order valence-corrected chi connectivity index (χ0v) is 7.73. The first-order valence-corrected chi connectivity index (χ1v) is 4.57. The number of ether oxygens (including phenoxy) is 1. The lowest BCUT2D eigenvalue weighted by atomic mass is 10.1. The molecular weight excluding hydrogens is 182 g/mol. The fourth-order valence-electron chi connectivity index (χ4n) is 1.31. The van der Waals surface area contributed by atoms with E-state index in [9.17, 15) is 5.11 Å². The van der Waals surface area contributed by atoms with E-state index in [1.807, 2.05) is 0 Å². The van der Waals surface area contributed by atoms with Crippen molar-refractivity contribution in [2.24, 2.45) is 0 Å². The Balaban J connectivity index is 1.94. The Morgan fingerprint density at radius 1 is 1.36 bits per heavy atom. The Labute approximate surface area is 82.1 Å². The van der Waals surface area contributed by atoms with E-state index in [1.165, 1.54) is 6.07 Å². The molecule has 0 unspecified atom stereocenters. The number of aromatic hydroxyl groups is 2. The van der Waals surface area contributed by atoms with E-state index < -0.39 is 0 Å². The molecule has 1 aliphatic rings. The topological polar surface area (TPSA) is 61.7 Å². The van der Waals surface area contributed by atoms with Crippen LogP contribution in [0.4, 0.5) is 0 Å². The molecule has 0 aliphatic carbocycles. The van der Waals surface area contributed by atoms with E-state index in [-0.39, 0.29) is 11.5 Å². The molecule has 1 aliphatic heterocycles. The summed E-state index contributed by atoms with van der Waals surface area (Å²) in [5.41, 5.74) is 0.787. The maximum atomic E-state index is 9.46.